The van der Waals surface area contributed by atoms with Crippen LogP contribution in [-0.2, 0) is 0 Å². The molecule has 2 heteroatoms. The number of nitrogens with two attached hydrogens (primary N) is 1. The molecule has 0 radical (unpaired) electrons. The van der Waals surface area contributed by atoms with Crippen molar-refractivity contribution < 1.29 is 0 Å². The largest absolute Gasteiger partial charge is 0.399 e. The fourth-order valence-electron chi connectivity index (χ4n) is 0.971. The minimum Gasteiger partial charge on any atom is -0.399 e. The average Bonchev–Trinajstić information content (AvgIpc) is 2.03. The number of benzene rings is 1. The molecule has 60 valence electrons. The first-order valence-corrected chi connectivity index (χ1v) is 4.33. The van der Waals surface area contributed by atoms with Gasteiger partial charge in [-0.1, -0.05) is 19.1 Å². The zero-order valence-corrected chi connectivity index (χ0v) is 7.51. The lowest BCUT2D eigenvalue weighted by Crippen LogP contribution is -1.95. The van der Waals surface area contributed by atoms with Crippen LogP contribution < -0.4 is 5.73 Å². The van der Waals surface area contributed by atoms with Gasteiger partial charge in [-0.05, 0) is 29.4 Å². The molecule has 0 saturated carbocycles. The summed E-state index contributed by atoms with van der Waals surface area (Å²) in [5.74, 6) is 1.35. The van der Waals surface area contributed by atoms with Crippen LogP contribution >= 0.6 is 12.6 Å². The second kappa shape index (κ2) is 3.67. The molecule has 1 aromatic rings. The molecule has 0 saturated heterocycles. The predicted molar refractivity (Wildman–Crippen MR) is 53.1 cm³/mol. The molecule has 0 aliphatic carbocycles. The molecule has 0 aromatic heterocycles. The summed E-state index contributed by atoms with van der Waals surface area (Å²) in [4.78, 5) is 0. The Bertz CT molecular complexity index is 235. The molecule has 11 heavy (non-hydrogen) atoms. The van der Waals surface area contributed by atoms with Gasteiger partial charge in [0, 0.05) is 5.69 Å². The summed E-state index contributed by atoms with van der Waals surface area (Å²) < 4.78 is 0. The molecule has 1 atom stereocenters. The molecule has 1 rings (SSSR count). The summed E-state index contributed by atoms with van der Waals surface area (Å²) in [6, 6.07) is 7.96. The van der Waals surface area contributed by atoms with E-state index in [-0.39, 0.29) is 0 Å². The minimum absolute atomic E-state index is 0.488. The van der Waals surface area contributed by atoms with Crippen LogP contribution in [0.15, 0.2) is 24.3 Å². The fraction of sp³-hybridized carbons (Fsp3) is 0.333. The number of nitrogen functional groups attached to an aromatic ring is 1. The van der Waals surface area contributed by atoms with Crippen molar-refractivity contribution in [1.82, 2.24) is 0 Å². The maximum Gasteiger partial charge on any atom is 0.0316 e. The molecule has 1 unspecified atom stereocenters. The Labute approximate surface area is 73.0 Å². The minimum atomic E-state index is 0.488. The van der Waals surface area contributed by atoms with Crippen LogP contribution in [0, 0.1) is 0 Å². The summed E-state index contributed by atoms with van der Waals surface area (Å²) in [7, 11) is 0. The monoisotopic (exact) mass is 167 g/mol. The van der Waals surface area contributed by atoms with Gasteiger partial charge in [0.15, 0.2) is 0 Å². The molecule has 0 aliphatic rings. The SMILES string of the molecule is CC(CS)c1cccc(N)c1. The van der Waals surface area contributed by atoms with E-state index >= 15 is 0 Å². The van der Waals surface area contributed by atoms with E-state index < -0.39 is 0 Å². The Morgan fingerprint density at radius 2 is 2.27 bits per heavy atom. The van der Waals surface area contributed by atoms with Crippen molar-refractivity contribution in [3.63, 3.8) is 0 Å². The molecule has 1 nitrogen and oxygen atoms in total. The van der Waals surface area contributed by atoms with Gasteiger partial charge in [-0.2, -0.15) is 12.6 Å². The first kappa shape index (κ1) is 8.47. The second-order valence-electron chi connectivity index (χ2n) is 2.75. The normalized spacial score (nSPS) is 12.9. The zero-order chi connectivity index (χ0) is 8.27. The summed E-state index contributed by atoms with van der Waals surface area (Å²) in [6.45, 7) is 2.14. The van der Waals surface area contributed by atoms with Crippen LogP contribution in [0.25, 0.3) is 0 Å². The second-order valence-corrected chi connectivity index (χ2v) is 3.12. The van der Waals surface area contributed by atoms with Crippen molar-refractivity contribution in [2.45, 2.75) is 12.8 Å². The van der Waals surface area contributed by atoms with E-state index in [2.05, 4.69) is 25.6 Å². The summed E-state index contributed by atoms with van der Waals surface area (Å²) >= 11 is 4.22. The van der Waals surface area contributed by atoms with E-state index in [4.69, 9.17) is 5.73 Å². The molecular formula is C9H13NS. The quantitative estimate of drug-likeness (QED) is 0.513. The van der Waals surface area contributed by atoms with E-state index in [1.807, 2.05) is 18.2 Å². The van der Waals surface area contributed by atoms with E-state index in [1.165, 1.54) is 5.56 Å². The fourth-order valence-corrected chi connectivity index (χ4v) is 1.18. The highest BCUT2D eigenvalue weighted by Gasteiger charge is 2.01. The third-order valence-corrected chi connectivity index (χ3v) is 2.30. The van der Waals surface area contributed by atoms with Crippen LogP contribution in [0.1, 0.15) is 18.4 Å². The van der Waals surface area contributed by atoms with E-state index in [0.29, 0.717) is 5.92 Å². The number of thiol groups is 1. The summed E-state index contributed by atoms with van der Waals surface area (Å²) in [5, 5.41) is 0. The highest BCUT2D eigenvalue weighted by molar-refractivity contribution is 7.80. The molecule has 0 aliphatic heterocycles. The maximum absolute atomic E-state index is 5.63. The Morgan fingerprint density at radius 1 is 1.55 bits per heavy atom. The lowest BCUT2D eigenvalue weighted by molar-refractivity contribution is 0.885. The third kappa shape index (κ3) is 2.15. The molecule has 2 N–H and O–H groups in total. The summed E-state index contributed by atoms with van der Waals surface area (Å²) in [6.07, 6.45) is 0. The van der Waals surface area contributed by atoms with Crippen LogP contribution in [0.3, 0.4) is 0 Å². The van der Waals surface area contributed by atoms with Crippen LogP contribution in [0.5, 0.6) is 0 Å². The topological polar surface area (TPSA) is 26.0 Å². The Morgan fingerprint density at radius 3 is 2.82 bits per heavy atom. The lowest BCUT2D eigenvalue weighted by Gasteiger charge is -2.07. The molecule has 1 aromatic carbocycles. The van der Waals surface area contributed by atoms with E-state index in [0.717, 1.165) is 11.4 Å². The third-order valence-electron chi connectivity index (χ3n) is 1.75. The number of anilines is 1. The van der Waals surface area contributed by atoms with Crippen LogP contribution in [0.4, 0.5) is 5.69 Å². The van der Waals surface area contributed by atoms with Gasteiger partial charge in [-0.15, -0.1) is 0 Å². The number of hydrogen-bond acceptors (Lipinski definition) is 2. The van der Waals surface area contributed by atoms with E-state index in [9.17, 15) is 0 Å². The summed E-state index contributed by atoms with van der Waals surface area (Å²) in [5.41, 5.74) is 7.72. The van der Waals surface area contributed by atoms with Crippen LogP contribution in [-0.4, -0.2) is 5.75 Å². The Hall–Kier alpha value is -0.630. The standard InChI is InChI=1S/C9H13NS/c1-7(6-11)8-3-2-4-9(10)5-8/h2-5,7,11H,6,10H2,1H3. The number of hydrogen-bond donors (Lipinski definition) is 2. The highest BCUT2D eigenvalue weighted by atomic mass is 32.1. The number of rotatable bonds is 2. The molecular weight excluding hydrogens is 154 g/mol. The molecule has 0 amide bonds. The average molecular weight is 167 g/mol. The van der Waals surface area contributed by atoms with Gasteiger partial charge in [0.2, 0.25) is 0 Å². The van der Waals surface area contributed by atoms with Gasteiger partial charge in [0.05, 0.1) is 0 Å². The van der Waals surface area contributed by atoms with Gasteiger partial charge in [-0.25, -0.2) is 0 Å². The first-order chi connectivity index (χ1) is 5.24. The molecule has 0 bridgehead atoms. The Balaban J connectivity index is 2.86. The highest BCUT2D eigenvalue weighted by Crippen LogP contribution is 2.18. The van der Waals surface area contributed by atoms with Gasteiger partial charge in [-0.3, -0.25) is 0 Å². The van der Waals surface area contributed by atoms with Crippen molar-refractivity contribution in [3.8, 4) is 0 Å². The Kier molecular flexibility index (Phi) is 2.83. The van der Waals surface area contributed by atoms with E-state index in [1.54, 1.807) is 0 Å². The first-order valence-electron chi connectivity index (χ1n) is 3.70. The van der Waals surface area contributed by atoms with Crippen molar-refractivity contribution >= 4 is 18.3 Å². The van der Waals surface area contributed by atoms with Crippen molar-refractivity contribution in [1.29, 1.82) is 0 Å². The molecule has 0 spiro atoms. The molecule has 0 fully saturated rings. The van der Waals surface area contributed by atoms with Crippen molar-refractivity contribution in [2.24, 2.45) is 0 Å². The maximum atomic E-state index is 5.63. The van der Waals surface area contributed by atoms with Crippen molar-refractivity contribution in [3.05, 3.63) is 29.8 Å². The van der Waals surface area contributed by atoms with Crippen molar-refractivity contribution in [2.75, 3.05) is 11.5 Å². The van der Waals surface area contributed by atoms with Gasteiger partial charge >= 0.3 is 0 Å². The van der Waals surface area contributed by atoms with Gasteiger partial charge in [0.1, 0.15) is 0 Å². The van der Waals surface area contributed by atoms with Crippen LogP contribution in [0.2, 0.25) is 0 Å². The zero-order valence-electron chi connectivity index (χ0n) is 6.62. The van der Waals surface area contributed by atoms with Gasteiger partial charge in [0.25, 0.3) is 0 Å². The molecule has 0 heterocycles. The van der Waals surface area contributed by atoms with Gasteiger partial charge < -0.3 is 5.73 Å². The lowest BCUT2D eigenvalue weighted by atomic mass is 10.0. The predicted octanol–water partition coefficient (Wildman–Crippen LogP) is 2.30. The smallest absolute Gasteiger partial charge is 0.0316 e.